The molecule has 2 heterocycles. The number of primary amides is 1. The SMILES string of the molecule is C.C.CCC1=N[C@H](C(N)=O)CS1.CCC1=N[C@H](C(N)=S)CS1.S=S=S=S=S. The Hall–Kier alpha value is 0.500. The first kappa shape index (κ1) is 32.2. The molecule has 27 heavy (non-hydrogen) atoms. The van der Waals surface area contributed by atoms with E-state index in [1.807, 2.05) is 6.92 Å². The second kappa shape index (κ2) is 19.8. The molecule has 2 rings (SSSR count). The van der Waals surface area contributed by atoms with Crippen LogP contribution in [0.25, 0.3) is 0 Å². The number of carbonyl (C=O) groups is 1. The molecule has 0 saturated carbocycles. The van der Waals surface area contributed by atoms with Gasteiger partial charge in [0.25, 0.3) is 0 Å². The summed E-state index contributed by atoms with van der Waals surface area (Å²) in [6.45, 7) is 4.11. The molecule has 2 atom stereocenters. The van der Waals surface area contributed by atoms with Gasteiger partial charge in [-0.3, -0.25) is 14.8 Å². The second-order valence-corrected chi connectivity index (χ2v) is 12.4. The van der Waals surface area contributed by atoms with E-state index >= 15 is 0 Å². The summed E-state index contributed by atoms with van der Waals surface area (Å²) in [5, 5.41) is 2.22. The summed E-state index contributed by atoms with van der Waals surface area (Å²) < 4.78 is 0. The van der Waals surface area contributed by atoms with E-state index in [2.05, 4.69) is 39.3 Å². The van der Waals surface area contributed by atoms with E-state index < -0.39 is 0 Å². The zero-order valence-corrected chi connectivity index (χ0v) is 20.2. The summed E-state index contributed by atoms with van der Waals surface area (Å²) in [6.07, 6.45) is 1.91. The van der Waals surface area contributed by atoms with E-state index in [9.17, 15) is 4.79 Å². The molecular weight excluding hydrogens is 497 g/mol. The number of thiocarbonyl (C=S) groups is 1. The molecule has 0 fully saturated rings. The number of carbonyl (C=O) groups excluding carboxylic acids is 1. The minimum atomic E-state index is -0.309. The average molecular weight is 525 g/mol. The van der Waals surface area contributed by atoms with Gasteiger partial charge >= 0.3 is 0 Å². The van der Waals surface area contributed by atoms with Gasteiger partial charge in [-0.2, -0.15) is 0 Å². The molecule has 1 amide bonds. The van der Waals surface area contributed by atoms with Gasteiger partial charge in [0.1, 0.15) is 12.1 Å². The molecule has 0 radical (unpaired) electrons. The standard InChI is InChI=1S/C6H10N2OS.C6H10N2S2.2CH4.S5/c2*1-2-5-8-4(3-10-5)6(7)9;;;1-3-5-4-2/h2*4H,2-3H2,1H3,(H2,7,9);2*1H4;/t2*4-;;;/m00.../s1. The number of nitrogens with zero attached hydrogens (tertiary/aromatic N) is 2. The third kappa shape index (κ3) is 15.1. The number of hydrogen-bond donors (Lipinski definition) is 2. The predicted molar refractivity (Wildman–Crippen MR) is 144 cm³/mol. The molecule has 0 aromatic heterocycles. The van der Waals surface area contributed by atoms with Gasteiger partial charge in [-0.1, -0.05) is 40.9 Å². The quantitative estimate of drug-likeness (QED) is 0.546. The van der Waals surface area contributed by atoms with Crippen LogP contribution in [0.4, 0.5) is 0 Å². The fraction of sp³-hybridized carbons (Fsp3) is 0.714. The maximum atomic E-state index is 10.6. The van der Waals surface area contributed by atoms with Crippen molar-refractivity contribution >= 4 is 106 Å². The van der Waals surface area contributed by atoms with Gasteiger partial charge in [-0.15, -0.1) is 23.5 Å². The number of thioether (sulfide) groups is 2. The summed E-state index contributed by atoms with van der Waals surface area (Å²) in [4.78, 5) is 19.5. The summed E-state index contributed by atoms with van der Waals surface area (Å²) in [7, 11) is 3.95. The van der Waals surface area contributed by atoms with Gasteiger partial charge in [-0.25, -0.2) is 0 Å². The highest BCUT2D eigenvalue weighted by atomic mass is 33.3. The van der Waals surface area contributed by atoms with E-state index in [4.69, 9.17) is 23.7 Å². The predicted octanol–water partition coefficient (Wildman–Crippen LogP) is 2.85. The van der Waals surface area contributed by atoms with Crippen molar-refractivity contribution in [3.63, 3.8) is 0 Å². The Labute approximate surface area is 195 Å². The van der Waals surface area contributed by atoms with Crippen molar-refractivity contribution in [1.29, 1.82) is 0 Å². The molecular formula is C14H28N4OS8. The van der Waals surface area contributed by atoms with Crippen LogP contribution >= 0.6 is 35.7 Å². The topological polar surface area (TPSA) is 93.8 Å². The molecule has 2 aliphatic rings. The van der Waals surface area contributed by atoms with Crippen molar-refractivity contribution in [3.8, 4) is 0 Å². The van der Waals surface area contributed by atoms with E-state index in [0.717, 1.165) is 29.4 Å². The first-order valence-corrected chi connectivity index (χ1v) is 14.8. The molecule has 0 unspecified atom stereocenters. The second-order valence-electron chi connectivity index (χ2n) is 4.42. The molecule has 0 saturated heterocycles. The van der Waals surface area contributed by atoms with Crippen molar-refractivity contribution < 1.29 is 4.79 Å². The smallest absolute Gasteiger partial charge is 0.243 e. The van der Waals surface area contributed by atoms with Crippen LogP contribution in [0, 0.1) is 0 Å². The lowest BCUT2D eigenvalue weighted by atomic mass is 10.3. The normalized spacial score (nSPS) is 19.2. The van der Waals surface area contributed by atoms with Crippen LogP contribution < -0.4 is 11.5 Å². The highest BCUT2D eigenvalue weighted by Gasteiger charge is 2.21. The maximum Gasteiger partial charge on any atom is 0.243 e. The number of hydrogen-bond acceptors (Lipinski definition) is 8. The van der Waals surface area contributed by atoms with E-state index in [-0.39, 0.29) is 32.8 Å². The van der Waals surface area contributed by atoms with Crippen LogP contribution in [0.3, 0.4) is 0 Å². The number of aliphatic imine (C=N–C) groups is 2. The molecule has 13 heteroatoms. The lowest BCUT2D eigenvalue weighted by molar-refractivity contribution is -0.118. The number of rotatable bonds is 4. The van der Waals surface area contributed by atoms with E-state index in [1.54, 1.807) is 23.5 Å². The molecule has 0 aromatic rings. The Morgan fingerprint density at radius 2 is 1.44 bits per heavy atom. The van der Waals surface area contributed by atoms with Gasteiger partial charge in [-0.05, 0) is 12.8 Å². The highest BCUT2D eigenvalue weighted by Crippen LogP contribution is 2.20. The monoisotopic (exact) mass is 524 g/mol. The van der Waals surface area contributed by atoms with Crippen LogP contribution in [0.1, 0.15) is 41.5 Å². The van der Waals surface area contributed by atoms with Crippen LogP contribution in [-0.2, 0) is 53.8 Å². The van der Waals surface area contributed by atoms with Crippen LogP contribution in [0.15, 0.2) is 9.98 Å². The Balaban J connectivity index is -0.000000326. The van der Waals surface area contributed by atoms with Crippen LogP contribution in [0.2, 0.25) is 0 Å². The molecule has 4 N–H and O–H groups in total. The molecule has 0 bridgehead atoms. The molecule has 158 valence electrons. The third-order valence-electron chi connectivity index (χ3n) is 2.73. The minimum Gasteiger partial charge on any atom is -0.392 e. The Morgan fingerprint density at radius 3 is 1.63 bits per heavy atom. The molecule has 2 aliphatic heterocycles. The first-order chi connectivity index (χ1) is 11.9. The molecule has 0 spiro atoms. The zero-order chi connectivity index (χ0) is 19.2. The molecule has 5 nitrogen and oxygen atoms in total. The summed E-state index contributed by atoms with van der Waals surface area (Å²) in [5.74, 6) is 1.37. The highest BCUT2D eigenvalue weighted by molar-refractivity contribution is 8.59. The van der Waals surface area contributed by atoms with Crippen molar-refractivity contribution in [1.82, 2.24) is 0 Å². The van der Waals surface area contributed by atoms with Gasteiger partial charge in [0.05, 0.1) is 15.1 Å². The lowest BCUT2D eigenvalue weighted by Gasteiger charge is -1.99. The lowest BCUT2D eigenvalue weighted by Crippen LogP contribution is -2.26. The van der Waals surface area contributed by atoms with Gasteiger partial charge in [0, 0.05) is 60.5 Å². The molecule has 0 aromatic carbocycles. The largest absolute Gasteiger partial charge is 0.392 e. The van der Waals surface area contributed by atoms with Crippen molar-refractivity contribution in [2.45, 2.75) is 53.6 Å². The Kier molecular flexibility index (Phi) is 23.6. The average Bonchev–Trinajstić information content (AvgIpc) is 3.26. The maximum absolute atomic E-state index is 10.6. The van der Waals surface area contributed by atoms with Gasteiger partial charge in [0.2, 0.25) is 5.91 Å². The van der Waals surface area contributed by atoms with E-state index in [0.29, 0.717) is 4.99 Å². The minimum absolute atomic E-state index is 0. The van der Waals surface area contributed by atoms with Crippen LogP contribution in [-0.4, -0.2) is 44.6 Å². The third-order valence-corrected chi connectivity index (χ3v) is 9.87. The van der Waals surface area contributed by atoms with Gasteiger partial charge in [0.15, 0.2) is 0 Å². The summed E-state index contributed by atoms with van der Waals surface area (Å²) in [6, 6.07) is -0.158. The van der Waals surface area contributed by atoms with Gasteiger partial charge < -0.3 is 11.5 Å². The first-order valence-electron chi connectivity index (χ1n) is 7.12. The Morgan fingerprint density at radius 1 is 1.04 bits per heavy atom. The Bertz CT molecular complexity index is 598. The van der Waals surface area contributed by atoms with Crippen molar-refractivity contribution in [3.05, 3.63) is 0 Å². The van der Waals surface area contributed by atoms with Crippen LogP contribution in [0.5, 0.6) is 0 Å². The van der Waals surface area contributed by atoms with Crippen molar-refractivity contribution in [2.75, 3.05) is 11.5 Å². The summed E-state index contributed by atoms with van der Waals surface area (Å²) in [5.41, 5.74) is 10.5. The van der Waals surface area contributed by atoms with Crippen molar-refractivity contribution in [2.24, 2.45) is 21.5 Å². The fourth-order valence-electron chi connectivity index (χ4n) is 1.54. The number of amides is 1. The number of nitrogens with two attached hydrogens (primary N) is 2. The fourth-order valence-corrected chi connectivity index (χ4v) is 6.53. The zero-order valence-electron chi connectivity index (χ0n) is 13.7. The van der Waals surface area contributed by atoms with E-state index in [1.165, 1.54) is 31.7 Å². The molecule has 0 aliphatic carbocycles. The summed E-state index contributed by atoms with van der Waals surface area (Å²) >= 11 is 17.1.